The van der Waals surface area contributed by atoms with Crippen LogP contribution in [0.25, 0.3) is 5.65 Å². The highest BCUT2D eigenvalue weighted by Crippen LogP contribution is 2.30. The number of nitrogens with zero attached hydrogens (tertiary/aromatic N) is 5. The van der Waals surface area contributed by atoms with Gasteiger partial charge in [-0.2, -0.15) is 0 Å². The molecule has 0 bridgehead atoms. The first-order valence-corrected chi connectivity index (χ1v) is 5.77. The Morgan fingerprint density at radius 2 is 2.18 bits per heavy atom. The number of aryl methyl sites for hydroxylation is 1. The third-order valence-corrected chi connectivity index (χ3v) is 3.41. The first-order valence-electron chi connectivity index (χ1n) is 5.77. The fourth-order valence-corrected chi connectivity index (χ4v) is 2.19. The maximum atomic E-state index is 10.0. The van der Waals surface area contributed by atoms with Crippen molar-refractivity contribution in [3.8, 4) is 0 Å². The molecular formula is C11H15N5O. The molecule has 3 rings (SSSR count). The lowest BCUT2D eigenvalue weighted by molar-refractivity contribution is 0.00818. The number of hydrogen-bond acceptors (Lipinski definition) is 5. The van der Waals surface area contributed by atoms with Crippen molar-refractivity contribution < 1.29 is 5.11 Å². The van der Waals surface area contributed by atoms with Crippen molar-refractivity contribution in [1.29, 1.82) is 0 Å². The second-order valence-corrected chi connectivity index (χ2v) is 4.63. The van der Waals surface area contributed by atoms with Gasteiger partial charge in [0.05, 0.1) is 18.7 Å². The van der Waals surface area contributed by atoms with E-state index in [1.54, 1.807) is 6.20 Å². The second-order valence-electron chi connectivity index (χ2n) is 4.63. The Morgan fingerprint density at radius 1 is 1.41 bits per heavy atom. The zero-order valence-electron chi connectivity index (χ0n) is 9.96. The highest BCUT2D eigenvalue weighted by molar-refractivity contribution is 5.65. The summed E-state index contributed by atoms with van der Waals surface area (Å²) in [5, 5.41) is 18.2. The van der Waals surface area contributed by atoms with Crippen LogP contribution in [0.4, 0.5) is 5.82 Å². The van der Waals surface area contributed by atoms with Crippen LogP contribution in [0.5, 0.6) is 0 Å². The van der Waals surface area contributed by atoms with Crippen LogP contribution in [-0.2, 0) is 0 Å². The van der Waals surface area contributed by atoms with Crippen LogP contribution in [0.1, 0.15) is 19.2 Å². The van der Waals surface area contributed by atoms with E-state index >= 15 is 0 Å². The summed E-state index contributed by atoms with van der Waals surface area (Å²) in [5.74, 6) is 1.64. The van der Waals surface area contributed by atoms with E-state index in [0.29, 0.717) is 13.1 Å². The molecule has 90 valence electrons. The van der Waals surface area contributed by atoms with Gasteiger partial charge >= 0.3 is 0 Å². The van der Waals surface area contributed by atoms with Gasteiger partial charge in [0.15, 0.2) is 5.82 Å². The molecule has 6 heteroatoms. The molecule has 0 spiro atoms. The molecule has 17 heavy (non-hydrogen) atoms. The second kappa shape index (κ2) is 3.40. The van der Waals surface area contributed by atoms with Gasteiger partial charge in [-0.15, -0.1) is 10.2 Å². The predicted molar refractivity (Wildman–Crippen MR) is 63.0 cm³/mol. The van der Waals surface area contributed by atoms with Gasteiger partial charge in [-0.25, -0.2) is 4.98 Å². The van der Waals surface area contributed by atoms with Crippen molar-refractivity contribution in [2.24, 2.45) is 0 Å². The fourth-order valence-electron chi connectivity index (χ4n) is 2.19. The fraction of sp³-hybridized carbons (Fsp3) is 0.545. The van der Waals surface area contributed by atoms with Crippen LogP contribution in [0.3, 0.4) is 0 Å². The van der Waals surface area contributed by atoms with Gasteiger partial charge in [-0.05, 0) is 13.3 Å². The molecule has 0 aromatic carbocycles. The van der Waals surface area contributed by atoms with Crippen LogP contribution < -0.4 is 4.90 Å². The van der Waals surface area contributed by atoms with Gasteiger partial charge in [0.2, 0.25) is 5.65 Å². The molecule has 1 aliphatic heterocycles. The molecule has 2 aromatic rings. The minimum atomic E-state index is -0.566. The van der Waals surface area contributed by atoms with Crippen molar-refractivity contribution in [1.82, 2.24) is 19.6 Å². The van der Waals surface area contributed by atoms with E-state index in [9.17, 15) is 5.11 Å². The summed E-state index contributed by atoms with van der Waals surface area (Å²) in [4.78, 5) is 6.37. The van der Waals surface area contributed by atoms with Gasteiger partial charge in [0.1, 0.15) is 5.82 Å². The van der Waals surface area contributed by atoms with E-state index in [4.69, 9.17) is 0 Å². The molecule has 0 unspecified atom stereocenters. The van der Waals surface area contributed by atoms with E-state index in [2.05, 4.69) is 15.2 Å². The minimum Gasteiger partial charge on any atom is -0.386 e. The summed E-state index contributed by atoms with van der Waals surface area (Å²) < 4.78 is 1.91. The summed E-state index contributed by atoms with van der Waals surface area (Å²) in [6.07, 6.45) is 4.35. The Morgan fingerprint density at radius 3 is 2.88 bits per heavy atom. The van der Waals surface area contributed by atoms with Crippen molar-refractivity contribution in [2.75, 3.05) is 18.0 Å². The average molecular weight is 233 g/mol. The summed E-state index contributed by atoms with van der Waals surface area (Å²) >= 11 is 0. The number of aromatic nitrogens is 4. The molecule has 3 heterocycles. The standard InChI is InChI=1S/C11H15N5O/c1-3-11(17)6-15(7-11)9-10-14-13-8(2)16(10)5-4-12-9/h4-5,17H,3,6-7H2,1-2H3. The molecule has 2 aromatic heterocycles. The van der Waals surface area contributed by atoms with Crippen LogP contribution >= 0.6 is 0 Å². The number of β-amino-alcohol motifs (C(OH)–C–C–N with tert-alkyl or cyclic N) is 1. The Hall–Kier alpha value is -1.69. The molecule has 1 aliphatic rings. The van der Waals surface area contributed by atoms with Crippen LogP contribution in [0, 0.1) is 6.92 Å². The number of rotatable bonds is 2. The zero-order chi connectivity index (χ0) is 12.0. The lowest BCUT2D eigenvalue weighted by Gasteiger charge is -2.46. The Bertz CT molecular complexity index is 558. The van der Waals surface area contributed by atoms with E-state index in [1.807, 2.05) is 29.3 Å². The third kappa shape index (κ3) is 1.48. The zero-order valence-corrected chi connectivity index (χ0v) is 9.96. The smallest absolute Gasteiger partial charge is 0.203 e. The molecule has 0 saturated carbocycles. The van der Waals surface area contributed by atoms with Crippen molar-refractivity contribution >= 4 is 11.5 Å². The molecule has 0 atom stereocenters. The quantitative estimate of drug-likeness (QED) is 0.813. The number of aliphatic hydroxyl groups is 1. The van der Waals surface area contributed by atoms with Gasteiger partial charge < -0.3 is 10.0 Å². The van der Waals surface area contributed by atoms with Gasteiger partial charge in [0, 0.05) is 12.4 Å². The van der Waals surface area contributed by atoms with Gasteiger partial charge in [-0.3, -0.25) is 4.40 Å². The highest BCUT2D eigenvalue weighted by atomic mass is 16.3. The molecule has 1 N–H and O–H groups in total. The first kappa shape index (κ1) is 10.5. The monoisotopic (exact) mass is 233 g/mol. The molecular weight excluding hydrogens is 218 g/mol. The molecule has 1 fully saturated rings. The lowest BCUT2D eigenvalue weighted by atomic mass is 9.91. The first-order chi connectivity index (χ1) is 8.13. The number of anilines is 1. The largest absolute Gasteiger partial charge is 0.386 e. The SMILES string of the molecule is CCC1(O)CN(c2nccn3c(C)nnc23)C1. The average Bonchev–Trinajstić information content (AvgIpc) is 2.67. The number of hydrogen-bond donors (Lipinski definition) is 1. The molecule has 0 aliphatic carbocycles. The summed E-state index contributed by atoms with van der Waals surface area (Å²) in [6.45, 7) is 5.12. The van der Waals surface area contributed by atoms with E-state index in [-0.39, 0.29) is 0 Å². The summed E-state index contributed by atoms with van der Waals surface area (Å²) in [6, 6.07) is 0. The highest BCUT2D eigenvalue weighted by Gasteiger charge is 2.41. The minimum absolute atomic E-state index is 0.566. The van der Waals surface area contributed by atoms with E-state index < -0.39 is 5.60 Å². The van der Waals surface area contributed by atoms with Crippen molar-refractivity contribution in [2.45, 2.75) is 25.9 Å². The Kier molecular flexibility index (Phi) is 2.09. The topological polar surface area (TPSA) is 66.5 Å². The maximum absolute atomic E-state index is 10.0. The van der Waals surface area contributed by atoms with E-state index in [1.165, 1.54) is 0 Å². The summed E-state index contributed by atoms with van der Waals surface area (Å²) in [7, 11) is 0. The maximum Gasteiger partial charge on any atom is 0.203 e. The number of fused-ring (bicyclic) bond motifs is 1. The molecule has 1 saturated heterocycles. The van der Waals surface area contributed by atoms with Crippen LogP contribution in [0.15, 0.2) is 12.4 Å². The predicted octanol–water partition coefficient (Wildman–Crippen LogP) is 0.394. The Labute approximate surface area is 98.9 Å². The van der Waals surface area contributed by atoms with Gasteiger partial charge in [0.25, 0.3) is 0 Å². The molecule has 0 amide bonds. The van der Waals surface area contributed by atoms with Crippen molar-refractivity contribution in [3.63, 3.8) is 0 Å². The van der Waals surface area contributed by atoms with Crippen LogP contribution in [0.2, 0.25) is 0 Å². The molecule has 0 radical (unpaired) electrons. The van der Waals surface area contributed by atoms with E-state index in [0.717, 1.165) is 23.7 Å². The Balaban J connectivity index is 1.97. The van der Waals surface area contributed by atoms with Crippen LogP contribution in [-0.4, -0.2) is 43.4 Å². The third-order valence-electron chi connectivity index (χ3n) is 3.41. The van der Waals surface area contributed by atoms with Crippen molar-refractivity contribution in [3.05, 3.63) is 18.2 Å². The summed E-state index contributed by atoms with van der Waals surface area (Å²) in [5.41, 5.74) is 0.187. The molecule has 6 nitrogen and oxygen atoms in total. The van der Waals surface area contributed by atoms with Gasteiger partial charge in [-0.1, -0.05) is 6.92 Å². The normalized spacial score (nSPS) is 18.4. The lowest BCUT2D eigenvalue weighted by Crippen LogP contribution is -2.62.